The molecule has 0 spiro atoms. The maximum absolute atomic E-state index is 12.6. The minimum Gasteiger partial charge on any atom is -0.380 e. The molecule has 7 heteroatoms. The second-order valence-corrected chi connectivity index (χ2v) is 8.08. The highest BCUT2D eigenvalue weighted by Gasteiger charge is 2.24. The summed E-state index contributed by atoms with van der Waals surface area (Å²) in [5.74, 6) is 0. The van der Waals surface area contributed by atoms with Crippen LogP contribution in [-0.4, -0.2) is 45.1 Å². The Morgan fingerprint density at radius 2 is 2.10 bits per heavy atom. The molecule has 0 aliphatic rings. The van der Waals surface area contributed by atoms with Crippen molar-refractivity contribution in [3.8, 4) is 0 Å². The van der Waals surface area contributed by atoms with E-state index in [1.807, 2.05) is 19.2 Å². The molecule has 0 radical (unpaired) electrons. The molecule has 0 aliphatic heterocycles. The minimum absolute atomic E-state index is 0.378. The number of rotatable bonds is 10. The third kappa shape index (κ3) is 5.67. The summed E-state index contributed by atoms with van der Waals surface area (Å²) in [6, 6.07) is 2.14. The Kier molecular flexibility index (Phi) is 7.83. The van der Waals surface area contributed by atoms with E-state index in [-0.39, 0.29) is 0 Å². The summed E-state index contributed by atoms with van der Waals surface area (Å²) >= 11 is 1.28. The lowest BCUT2D eigenvalue weighted by Crippen LogP contribution is -2.33. The van der Waals surface area contributed by atoms with Crippen LogP contribution in [0.5, 0.6) is 0 Å². The molecule has 1 aromatic heterocycles. The Labute approximate surface area is 132 Å². The van der Waals surface area contributed by atoms with Crippen molar-refractivity contribution in [2.75, 3.05) is 26.3 Å². The Morgan fingerprint density at radius 3 is 2.67 bits per heavy atom. The number of nitrogens with zero attached hydrogens (tertiary/aromatic N) is 1. The van der Waals surface area contributed by atoms with Gasteiger partial charge in [-0.3, -0.25) is 0 Å². The van der Waals surface area contributed by atoms with Crippen LogP contribution in [0.25, 0.3) is 0 Å². The first-order valence-electron chi connectivity index (χ1n) is 7.30. The van der Waals surface area contributed by atoms with Gasteiger partial charge >= 0.3 is 0 Å². The molecule has 1 heterocycles. The van der Waals surface area contributed by atoms with Crippen molar-refractivity contribution in [2.24, 2.45) is 0 Å². The lowest BCUT2D eigenvalue weighted by atomic mass is 10.3. The molecule has 21 heavy (non-hydrogen) atoms. The molecule has 0 saturated carbocycles. The highest BCUT2D eigenvalue weighted by molar-refractivity contribution is 7.91. The first-order valence-corrected chi connectivity index (χ1v) is 9.62. The Morgan fingerprint density at radius 1 is 1.38 bits per heavy atom. The summed E-state index contributed by atoms with van der Waals surface area (Å²) in [6.07, 6.45) is 0. The first kappa shape index (κ1) is 18.6. The molecule has 0 saturated heterocycles. The molecule has 5 nitrogen and oxygen atoms in total. The van der Waals surface area contributed by atoms with Crippen molar-refractivity contribution in [3.63, 3.8) is 0 Å². The van der Waals surface area contributed by atoms with Crippen LogP contribution < -0.4 is 5.32 Å². The average Bonchev–Trinajstić information content (AvgIpc) is 2.90. The van der Waals surface area contributed by atoms with Crippen LogP contribution in [0, 0.1) is 0 Å². The van der Waals surface area contributed by atoms with Crippen molar-refractivity contribution in [1.29, 1.82) is 0 Å². The van der Waals surface area contributed by atoms with Crippen LogP contribution in [-0.2, 0) is 21.3 Å². The molecule has 122 valence electrons. The van der Waals surface area contributed by atoms with Gasteiger partial charge in [0.1, 0.15) is 4.21 Å². The van der Waals surface area contributed by atoms with Gasteiger partial charge in [0.05, 0.1) is 6.61 Å². The fourth-order valence-electron chi connectivity index (χ4n) is 1.79. The smallest absolute Gasteiger partial charge is 0.252 e. The summed E-state index contributed by atoms with van der Waals surface area (Å²) in [5.41, 5.74) is 1.01. The minimum atomic E-state index is -3.41. The van der Waals surface area contributed by atoms with E-state index in [4.69, 9.17) is 4.74 Å². The van der Waals surface area contributed by atoms with Crippen LogP contribution in [0.2, 0.25) is 0 Å². The largest absolute Gasteiger partial charge is 0.380 e. The molecule has 0 fully saturated rings. The summed E-state index contributed by atoms with van der Waals surface area (Å²) in [6.45, 7) is 10.4. The van der Waals surface area contributed by atoms with Crippen LogP contribution >= 0.6 is 11.3 Å². The van der Waals surface area contributed by atoms with Crippen molar-refractivity contribution in [3.05, 3.63) is 17.0 Å². The van der Waals surface area contributed by atoms with Gasteiger partial charge in [-0.25, -0.2) is 8.42 Å². The van der Waals surface area contributed by atoms with Gasteiger partial charge in [-0.15, -0.1) is 11.3 Å². The maximum atomic E-state index is 12.6. The lowest BCUT2D eigenvalue weighted by molar-refractivity contribution is 0.135. The monoisotopic (exact) mass is 334 g/mol. The zero-order chi connectivity index (χ0) is 15.9. The molecule has 0 unspecified atom stereocenters. The Hall–Kier alpha value is -0.470. The predicted octanol–water partition coefficient (Wildman–Crippen LogP) is 2.29. The number of hydrogen-bond donors (Lipinski definition) is 1. The van der Waals surface area contributed by atoms with Crippen molar-refractivity contribution >= 4 is 21.4 Å². The van der Waals surface area contributed by atoms with Crippen LogP contribution in [0.15, 0.2) is 15.7 Å². The maximum Gasteiger partial charge on any atom is 0.252 e. The quantitative estimate of drug-likeness (QED) is 0.667. The highest BCUT2D eigenvalue weighted by Crippen LogP contribution is 2.24. The molecule has 0 amide bonds. The number of likely N-dealkylation sites (N-methyl/N-ethyl adjacent to an activating group) is 1. The summed E-state index contributed by atoms with van der Waals surface area (Å²) in [5, 5.41) is 5.19. The zero-order valence-corrected chi connectivity index (χ0v) is 14.9. The summed E-state index contributed by atoms with van der Waals surface area (Å²) < 4.78 is 32.3. The van der Waals surface area contributed by atoms with Gasteiger partial charge in [-0.05, 0) is 23.9 Å². The topological polar surface area (TPSA) is 58.6 Å². The van der Waals surface area contributed by atoms with Gasteiger partial charge in [0.25, 0.3) is 10.0 Å². The molecule has 1 aromatic rings. The second kappa shape index (κ2) is 8.85. The van der Waals surface area contributed by atoms with E-state index in [0.717, 1.165) is 5.56 Å². The number of hydrogen-bond acceptors (Lipinski definition) is 5. The number of thiophene rings is 1. The van der Waals surface area contributed by atoms with E-state index in [0.29, 0.717) is 43.1 Å². The Bertz CT molecular complexity index is 512. The summed E-state index contributed by atoms with van der Waals surface area (Å²) in [7, 11) is -3.41. The van der Waals surface area contributed by atoms with Gasteiger partial charge in [-0.2, -0.15) is 4.31 Å². The van der Waals surface area contributed by atoms with Crippen LogP contribution in [0.1, 0.15) is 33.3 Å². The summed E-state index contributed by atoms with van der Waals surface area (Å²) in [4.78, 5) is 0. The Balaban J connectivity index is 2.76. The SMILES string of the molecule is CCOCCN(CC)S(=O)(=O)c1cc(CNC(C)C)cs1. The van der Waals surface area contributed by atoms with Gasteiger partial charge in [0.2, 0.25) is 0 Å². The van der Waals surface area contributed by atoms with Crippen LogP contribution in [0.3, 0.4) is 0 Å². The molecule has 0 bridgehead atoms. The lowest BCUT2D eigenvalue weighted by Gasteiger charge is -2.19. The molecular weight excluding hydrogens is 308 g/mol. The van der Waals surface area contributed by atoms with E-state index in [9.17, 15) is 8.42 Å². The van der Waals surface area contributed by atoms with E-state index in [1.165, 1.54) is 15.6 Å². The number of sulfonamides is 1. The standard InChI is InChI=1S/C14H26N2O3S2/c1-5-16(7-8-19-6-2)21(17,18)14-9-13(11-20-14)10-15-12(3)4/h9,11-12,15H,5-8,10H2,1-4H3. The first-order chi connectivity index (χ1) is 9.91. The predicted molar refractivity (Wildman–Crippen MR) is 87.2 cm³/mol. The molecule has 1 rings (SSSR count). The fourth-order valence-corrected chi connectivity index (χ4v) is 4.58. The highest BCUT2D eigenvalue weighted by atomic mass is 32.2. The normalized spacial score (nSPS) is 12.5. The third-order valence-electron chi connectivity index (χ3n) is 2.98. The van der Waals surface area contributed by atoms with Gasteiger partial charge < -0.3 is 10.1 Å². The van der Waals surface area contributed by atoms with Gasteiger partial charge in [-0.1, -0.05) is 20.8 Å². The zero-order valence-electron chi connectivity index (χ0n) is 13.3. The average molecular weight is 335 g/mol. The molecule has 0 aromatic carbocycles. The molecule has 0 atom stereocenters. The van der Waals surface area contributed by atoms with E-state index in [2.05, 4.69) is 19.2 Å². The fraction of sp³-hybridized carbons (Fsp3) is 0.714. The number of nitrogens with one attached hydrogen (secondary N) is 1. The van der Waals surface area contributed by atoms with Crippen molar-refractivity contribution in [2.45, 2.75) is 44.5 Å². The van der Waals surface area contributed by atoms with Gasteiger partial charge in [0.15, 0.2) is 0 Å². The molecule has 0 aliphatic carbocycles. The van der Waals surface area contributed by atoms with E-state index in [1.54, 1.807) is 6.07 Å². The number of ether oxygens (including phenoxy) is 1. The van der Waals surface area contributed by atoms with Crippen LogP contribution in [0.4, 0.5) is 0 Å². The molecular formula is C14H26N2O3S2. The van der Waals surface area contributed by atoms with E-state index < -0.39 is 10.0 Å². The van der Waals surface area contributed by atoms with Gasteiger partial charge in [0, 0.05) is 32.3 Å². The molecule has 1 N–H and O–H groups in total. The second-order valence-electron chi connectivity index (χ2n) is 5.00. The van der Waals surface area contributed by atoms with Crippen molar-refractivity contribution < 1.29 is 13.2 Å². The van der Waals surface area contributed by atoms with Crippen molar-refractivity contribution in [1.82, 2.24) is 9.62 Å². The van der Waals surface area contributed by atoms with E-state index >= 15 is 0 Å². The third-order valence-corrected chi connectivity index (χ3v) is 6.42.